The van der Waals surface area contributed by atoms with E-state index in [0.29, 0.717) is 0 Å². The van der Waals surface area contributed by atoms with Crippen LogP contribution in [0.25, 0.3) is 0 Å². The van der Waals surface area contributed by atoms with Crippen LogP contribution in [0.3, 0.4) is 0 Å². The van der Waals surface area contributed by atoms with E-state index in [1.54, 1.807) is 0 Å². The first-order valence-corrected chi connectivity index (χ1v) is 8.37. The number of rotatable bonds is 6. The second-order valence-electron chi connectivity index (χ2n) is 4.67. The molecule has 0 radical (unpaired) electrons. The van der Waals surface area contributed by atoms with Gasteiger partial charge in [0.2, 0.25) is 0 Å². The summed E-state index contributed by atoms with van der Waals surface area (Å²) >= 11 is 4.31. The van der Waals surface area contributed by atoms with E-state index in [9.17, 15) is 0 Å². The van der Waals surface area contributed by atoms with Crippen LogP contribution in [0.15, 0.2) is 0 Å². The lowest BCUT2D eigenvalue weighted by molar-refractivity contribution is 0.417. The fourth-order valence-corrected chi connectivity index (χ4v) is 4.85. The van der Waals surface area contributed by atoms with Gasteiger partial charge in [-0.05, 0) is 25.3 Å². The van der Waals surface area contributed by atoms with Crippen molar-refractivity contribution in [2.45, 2.75) is 44.9 Å². The van der Waals surface area contributed by atoms with Crippen molar-refractivity contribution in [3.8, 4) is 0 Å². The maximum atomic E-state index is 3.74. The molecule has 1 aliphatic rings. The van der Waals surface area contributed by atoms with Gasteiger partial charge in [-0.15, -0.1) is 0 Å². The van der Waals surface area contributed by atoms with Crippen LogP contribution in [0.4, 0.5) is 0 Å². The highest BCUT2D eigenvalue weighted by molar-refractivity contribution is 8.06. The van der Waals surface area contributed by atoms with E-state index in [1.807, 2.05) is 0 Å². The highest BCUT2D eigenvalue weighted by atomic mass is 32.2. The molecule has 0 aromatic heterocycles. The summed E-state index contributed by atoms with van der Waals surface area (Å²) < 4.78 is 0. The molecular formula is C12H25NS2. The number of hydrogen-bond donors (Lipinski definition) is 1. The van der Waals surface area contributed by atoms with Gasteiger partial charge in [0.15, 0.2) is 0 Å². The normalized spacial score (nSPS) is 24.4. The van der Waals surface area contributed by atoms with E-state index >= 15 is 0 Å². The van der Waals surface area contributed by atoms with Gasteiger partial charge in [0.1, 0.15) is 0 Å². The Morgan fingerprint density at radius 1 is 1.33 bits per heavy atom. The van der Waals surface area contributed by atoms with Crippen molar-refractivity contribution >= 4 is 23.5 Å². The minimum absolute atomic E-state index is 0.739. The third kappa shape index (κ3) is 5.50. The Balaban J connectivity index is 2.37. The summed E-state index contributed by atoms with van der Waals surface area (Å²) in [6.45, 7) is 8.10. The standard InChI is InChI=1S/C12H25NS2/c1-4-5-13-11(8-10(2)3)12-9-14-6-7-15-12/h10-13H,4-9H2,1-3H3. The topological polar surface area (TPSA) is 12.0 Å². The minimum Gasteiger partial charge on any atom is -0.313 e. The van der Waals surface area contributed by atoms with Crippen molar-refractivity contribution in [3.63, 3.8) is 0 Å². The maximum absolute atomic E-state index is 3.74. The first-order valence-electron chi connectivity index (χ1n) is 6.16. The van der Waals surface area contributed by atoms with Crippen LogP contribution in [0.2, 0.25) is 0 Å². The van der Waals surface area contributed by atoms with Gasteiger partial charge in [-0.25, -0.2) is 0 Å². The maximum Gasteiger partial charge on any atom is 0.0292 e. The van der Waals surface area contributed by atoms with E-state index in [0.717, 1.165) is 17.2 Å². The molecule has 90 valence electrons. The lowest BCUT2D eigenvalue weighted by Gasteiger charge is -2.31. The van der Waals surface area contributed by atoms with Crippen molar-refractivity contribution in [2.75, 3.05) is 23.8 Å². The average molecular weight is 247 g/mol. The van der Waals surface area contributed by atoms with Gasteiger partial charge in [0.25, 0.3) is 0 Å². The van der Waals surface area contributed by atoms with Crippen molar-refractivity contribution < 1.29 is 0 Å². The van der Waals surface area contributed by atoms with Gasteiger partial charge in [-0.1, -0.05) is 20.8 Å². The van der Waals surface area contributed by atoms with Crippen LogP contribution in [0.1, 0.15) is 33.6 Å². The number of hydrogen-bond acceptors (Lipinski definition) is 3. The first-order chi connectivity index (χ1) is 7.24. The van der Waals surface area contributed by atoms with Gasteiger partial charge >= 0.3 is 0 Å². The molecule has 2 unspecified atom stereocenters. The Labute approximate surface area is 104 Å². The predicted octanol–water partition coefficient (Wildman–Crippen LogP) is 3.25. The molecule has 0 amide bonds. The zero-order chi connectivity index (χ0) is 11.1. The summed E-state index contributed by atoms with van der Waals surface area (Å²) in [7, 11) is 0. The van der Waals surface area contributed by atoms with Gasteiger partial charge in [0, 0.05) is 28.6 Å². The molecule has 1 rings (SSSR count). The van der Waals surface area contributed by atoms with Crippen LogP contribution < -0.4 is 5.32 Å². The number of thioether (sulfide) groups is 2. The van der Waals surface area contributed by atoms with E-state index in [4.69, 9.17) is 0 Å². The minimum atomic E-state index is 0.739. The smallest absolute Gasteiger partial charge is 0.0292 e. The van der Waals surface area contributed by atoms with E-state index in [2.05, 4.69) is 49.6 Å². The molecule has 1 heterocycles. The van der Waals surface area contributed by atoms with Crippen molar-refractivity contribution in [3.05, 3.63) is 0 Å². The molecule has 1 nitrogen and oxygen atoms in total. The Morgan fingerprint density at radius 2 is 2.13 bits per heavy atom. The molecule has 1 aliphatic heterocycles. The Morgan fingerprint density at radius 3 is 2.67 bits per heavy atom. The summed E-state index contributed by atoms with van der Waals surface area (Å²) in [4.78, 5) is 0. The Bertz CT molecular complexity index is 156. The fraction of sp³-hybridized carbons (Fsp3) is 1.00. The zero-order valence-corrected chi connectivity index (χ0v) is 11.9. The second-order valence-corrected chi connectivity index (χ2v) is 7.17. The second kappa shape index (κ2) is 7.86. The van der Waals surface area contributed by atoms with E-state index in [1.165, 1.54) is 36.6 Å². The van der Waals surface area contributed by atoms with Gasteiger partial charge in [-0.3, -0.25) is 0 Å². The Kier molecular flexibility index (Phi) is 7.19. The summed E-state index contributed by atoms with van der Waals surface area (Å²) in [5, 5.41) is 4.58. The third-order valence-electron chi connectivity index (χ3n) is 2.67. The lowest BCUT2D eigenvalue weighted by Crippen LogP contribution is -2.42. The Hall–Kier alpha value is 0.660. The van der Waals surface area contributed by atoms with E-state index in [-0.39, 0.29) is 0 Å². The summed E-state index contributed by atoms with van der Waals surface area (Å²) in [6.07, 6.45) is 2.58. The molecule has 0 aliphatic carbocycles. The van der Waals surface area contributed by atoms with Crippen LogP contribution >= 0.6 is 23.5 Å². The molecule has 1 saturated heterocycles. The van der Waals surface area contributed by atoms with Crippen LogP contribution in [0.5, 0.6) is 0 Å². The molecular weight excluding hydrogens is 222 g/mol. The summed E-state index contributed by atoms with van der Waals surface area (Å²) in [5.74, 6) is 4.85. The molecule has 1 N–H and O–H groups in total. The molecule has 0 saturated carbocycles. The molecule has 15 heavy (non-hydrogen) atoms. The quantitative estimate of drug-likeness (QED) is 0.774. The molecule has 0 spiro atoms. The molecule has 0 aromatic rings. The zero-order valence-electron chi connectivity index (χ0n) is 10.3. The first kappa shape index (κ1) is 13.7. The van der Waals surface area contributed by atoms with Crippen LogP contribution in [-0.4, -0.2) is 35.1 Å². The van der Waals surface area contributed by atoms with Gasteiger partial charge in [0.05, 0.1) is 0 Å². The van der Waals surface area contributed by atoms with Gasteiger partial charge < -0.3 is 5.32 Å². The SMILES string of the molecule is CCCNC(CC(C)C)C1CSCCS1. The van der Waals surface area contributed by atoms with Crippen molar-refractivity contribution in [1.29, 1.82) is 0 Å². The predicted molar refractivity (Wildman–Crippen MR) is 75.1 cm³/mol. The van der Waals surface area contributed by atoms with Crippen molar-refractivity contribution in [1.82, 2.24) is 5.32 Å². The molecule has 1 fully saturated rings. The molecule has 0 bridgehead atoms. The molecule has 3 heteroatoms. The largest absolute Gasteiger partial charge is 0.313 e. The van der Waals surface area contributed by atoms with E-state index < -0.39 is 0 Å². The van der Waals surface area contributed by atoms with Crippen molar-refractivity contribution in [2.24, 2.45) is 5.92 Å². The third-order valence-corrected chi connectivity index (χ3v) is 5.59. The fourth-order valence-electron chi connectivity index (χ4n) is 1.94. The highest BCUT2D eigenvalue weighted by Gasteiger charge is 2.24. The average Bonchev–Trinajstić information content (AvgIpc) is 2.25. The molecule has 0 aromatic carbocycles. The molecule has 2 atom stereocenters. The summed E-state index contributed by atoms with van der Waals surface area (Å²) in [6, 6.07) is 0.739. The van der Waals surface area contributed by atoms with Gasteiger partial charge in [-0.2, -0.15) is 23.5 Å². The lowest BCUT2D eigenvalue weighted by atomic mass is 10.0. The highest BCUT2D eigenvalue weighted by Crippen LogP contribution is 2.28. The number of nitrogens with one attached hydrogen (secondary N) is 1. The monoisotopic (exact) mass is 247 g/mol. The van der Waals surface area contributed by atoms with Crippen LogP contribution in [0, 0.1) is 5.92 Å². The summed E-state index contributed by atoms with van der Waals surface area (Å²) in [5.41, 5.74) is 0. The van der Waals surface area contributed by atoms with Crippen LogP contribution in [-0.2, 0) is 0 Å².